The predicted octanol–water partition coefficient (Wildman–Crippen LogP) is 1.46. The molecular weight excluding hydrogens is 274 g/mol. The second-order valence-electron chi connectivity index (χ2n) is 4.59. The summed E-state index contributed by atoms with van der Waals surface area (Å²) in [7, 11) is 0. The molecule has 7 heteroatoms. The highest BCUT2D eigenvalue weighted by atomic mass is 16.4. The van der Waals surface area contributed by atoms with Gasteiger partial charge in [-0.3, -0.25) is 9.59 Å². The Kier molecular flexibility index (Phi) is 7.81. The zero-order valence-corrected chi connectivity index (χ0v) is 11.8. The van der Waals surface area contributed by atoms with Crippen LogP contribution in [0.25, 0.3) is 0 Å². The zero-order valence-electron chi connectivity index (χ0n) is 11.8. The van der Waals surface area contributed by atoms with Gasteiger partial charge in [0.15, 0.2) is 0 Å². The molecule has 116 valence electrons. The molecule has 1 aromatic heterocycles. The van der Waals surface area contributed by atoms with Gasteiger partial charge in [0.25, 0.3) is 0 Å². The molecule has 0 aliphatic heterocycles. The summed E-state index contributed by atoms with van der Waals surface area (Å²) in [6.45, 7) is 1.02. The fourth-order valence-corrected chi connectivity index (χ4v) is 1.64. The van der Waals surface area contributed by atoms with Gasteiger partial charge in [-0.25, -0.2) is 4.98 Å². The van der Waals surface area contributed by atoms with E-state index < -0.39 is 5.97 Å². The number of carboxylic acid groups (broad SMARTS) is 1. The van der Waals surface area contributed by atoms with Crippen LogP contribution in [0.1, 0.15) is 32.1 Å². The van der Waals surface area contributed by atoms with E-state index in [2.05, 4.69) is 15.6 Å². The van der Waals surface area contributed by atoms with Crippen molar-refractivity contribution in [2.45, 2.75) is 32.1 Å². The molecule has 1 amide bonds. The highest BCUT2D eigenvalue weighted by Crippen LogP contribution is 2.10. The van der Waals surface area contributed by atoms with E-state index in [4.69, 9.17) is 10.2 Å². The maximum atomic E-state index is 11.4. The number of unbranched alkanes of at least 4 members (excludes halogenated alkanes) is 2. The van der Waals surface area contributed by atoms with Gasteiger partial charge in [-0.05, 0) is 31.4 Å². The number of rotatable bonds is 10. The van der Waals surface area contributed by atoms with E-state index in [1.807, 2.05) is 0 Å². The summed E-state index contributed by atoms with van der Waals surface area (Å²) < 4.78 is 0. The molecule has 4 N–H and O–H groups in total. The SMILES string of the molecule is O=C(O)CCC(=O)Nc1ccc(NCCCCCO)cn1. The number of aromatic nitrogens is 1. The third kappa shape index (κ3) is 7.88. The van der Waals surface area contributed by atoms with Gasteiger partial charge >= 0.3 is 5.97 Å². The molecule has 0 aliphatic rings. The minimum Gasteiger partial charge on any atom is -0.481 e. The Balaban J connectivity index is 2.29. The van der Waals surface area contributed by atoms with Crippen molar-refractivity contribution in [2.75, 3.05) is 23.8 Å². The topological polar surface area (TPSA) is 112 Å². The molecule has 0 radical (unpaired) electrons. The number of pyridine rings is 1. The Bertz CT molecular complexity index is 448. The predicted molar refractivity (Wildman–Crippen MR) is 79.2 cm³/mol. The van der Waals surface area contributed by atoms with E-state index in [9.17, 15) is 9.59 Å². The monoisotopic (exact) mass is 295 g/mol. The molecule has 0 aromatic carbocycles. The molecule has 1 heterocycles. The molecule has 21 heavy (non-hydrogen) atoms. The fraction of sp³-hybridized carbons (Fsp3) is 0.500. The van der Waals surface area contributed by atoms with Crippen LogP contribution < -0.4 is 10.6 Å². The van der Waals surface area contributed by atoms with Crippen LogP contribution in [0.2, 0.25) is 0 Å². The van der Waals surface area contributed by atoms with Crippen molar-refractivity contribution in [3.63, 3.8) is 0 Å². The van der Waals surface area contributed by atoms with E-state index in [1.54, 1.807) is 18.3 Å². The molecular formula is C14H21N3O4. The summed E-state index contributed by atoms with van der Waals surface area (Å²) in [5.41, 5.74) is 0.850. The largest absolute Gasteiger partial charge is 0.481 e. The maximum absolute atomic E-state index is 11.4. The van der Waals surface area contributed by atoms with Gasteiger partial charge in [-0.2, -0.15) is 0 Å². The lowest BCUT2D eigenvalue weighted by Crippen LogP contribution is -2.14. The van der Waals surface area contributed by atoms with Crippen LogP contribution in [-0.4, -0.2) is 40.2 Å². The average molecular weight is 295 g/mol. The number of hydrogen-bond donors (Lipinski definition) is 4. The van der Waals surface area contributed by atoms with E-state index in [1.165, 1.54) is 0 Å². The number of hydrogen-bond acceptors (Lipinski definition) is 5. The van der Waals surface area contributed by atoms with Gasteiger partial charge in [-0.15, -0.1) is 0 Å². The van der Waals surface area contributed by atoms with Crippen molar-refractivity contribution in [1.29, 1.82) is 0 Å². The third-order valence-electron chi connectivity index (χ3n) is 2.76. The summed E-state index contributed by atoms with van der Waals surface area (Å²) in [5, 5.41) is 22.9. The van der Waals surface area contributed by atoms with Crippen molar-refractivity contribution in [2.24, 2.45) is 0 Å². The number of aliphatic hydroxyl groups is 1. The molecule has 0 fully saturated rings. The van der Waals surface area contributed by atoms with E-state index in [0.29, 0.717) is 5.82 Å². The van der Waals surface area contributed by atoms with Gasteiger partial charge in [0.2, 0.25) is 5.91 Å². The lowest BCUT2D eigenvalue weighted by atomic mass is 10.2. The summed E-state index contributed by atoms with van der Waals surface area (Å²) in [5.74, 6) is -0.968. The van der Waals surface area contributed by atoms with Crippen LogP contribution in [0.5, 0.6) is 0 Å². The molecule has 0 saturated carbocycles. The highest BCUT2D eigenvalue weighted by molar-refractivity contribution is 5.91. The first-order chi connectivity index (χ1) is 10.1. The Hall–Kier alpha value is -2.15. The van der Waals surface area contributed by atoms with E-state index in [0.717, 1.165) is 31.5 Å². The van der Waals surface area contributed by atoms with Crippen LogP contribution in [0.15, 0.2) is 18.3 Å². The quantitative estimate of drug-likeness (QED) is 0.486. The molecule has 0 aliphatic carbocycles. The Labute approximate surface area is 123 Å². The van der Waals surface area contributed by atoms with Crippen molar-refractivity contribution < 1.29 is 19.8 Å². The second kappa shape index (κ2) is 9.71. The third-order valence-corrected chi connectivity index (χ3v) is 2.76. The number of aliphatic hydroxyl groups excluding tert-OH is 1. The number of anilines is 2. The number of carbonyl (C=O) groups is 2. The first-order valence-electron chi connectivity index (χ1n) is 6.94. The molecule has 0 unspecified atom stereocenters. The summed E-state index contributed by atoms with van der Waals surface area (Å²) in [4.78, 5) is 25.9. The van der Waals surface area contributed by atoms with Crippen LogP contribution >= 0.6 is 0 Å². The minimum absolute atomic E-state index is 0.0676. The Morgan fingerprint density at radius 2 is 1.95 bits per heavy atom. The smallest absolute Gasteiger partial charge is 0.303 e. The first kappa shape index (κ1) is 16.9. The number of carboxylic acids is 1. The second-order valence-corrected chi connectivity index (χ2v) is 4.59. The summed E-state index contributed by atoms with van der Waals surface area (Å²) in [6.07, 6.45) is 4.09. The fourth-order valence-electron chi connectivity index (χ4n) is 1.64. The van der Waals surface area contributed by atoms with Crippen molar-refractivity contribution in [3.8, 4) is 0 Å². The Morgan fingerprint density at radius 1 is 1.14 bits per heavy atom. The van der Waals surface area contributed by atoms with Gasteiger partial charge in [0.1, 0.15) is 5.82 Å². The molecule has 0 bridgehead atoms. The van der Waals surface area contributed by atoms with Crippen LogP contribution in [0.4, 0.5) is 11.5 Å². The highest BCUT2D eigenvalue weighted by Gasteiger charge is 2.06. The van der Waals surface area contributed by atoms with Crippen molar-refractivity contribution in [1.82, 2.24) is 4.98 Å². The summed E-state index contributed by atoms with van der Waals surface area (Å²) >= 11 is 0. The number of nitrogens with zero attached hydrogens (tertiary/aromatic N) is 1. The van der Waals surface area contributed by atoms with Gasteiger partial charge in [0.05, 0.1) is 18.3 Å². The number of carbonyl (C=O) groups excluding carboxylic acids is 1. The summed E-state index contributed by atoms with van der Waals surface area (Å²) in [6, 6.07) is 3.46. The molecule has 0 saturated heterocycles. The van der Waals surface area contributed by atoms with Gasteiger partial charge in [-0.1, -0.05) is 0 Å². The molecule has 0 spiro atoms. The number of aliphatic carboxylic acids is 1. The van der Waals surface area contributed by atoms with Crippen molar-refractivity contribution >= 4 is 23.4 Å². The average Bonchev–Trinajstić information content (AvgIpc) is 2.47. The van der Waals surface area contributed by atoms with Gasteiger partial charge in [0, 0.05) is 19.6 Å². The van der Waals surface area contributed by atoms with Gasteiger partial charge < -0.3 is 20.8 Å². The van der Waals surface area contributed by atoms with Crippen LogP contribution in [0, 0.1) is 0 Å². The van der Waals surface area contributed by atoms with E-state index in [-0.39, 0.29) is 25.4 Å². The lowest BCUT2D eigenvalue weighted by Gasteiger charge is -2.07. The molecule has 0 atom stereocenters. The standard InChI is InChI=1S/C14H21N3O4/c18-9-3-1-2-8-15-11-4-5-12(16-10-11)17-13(19)6-7-14(20)21/h4-5,10,15,18H,1-3,6-9H2,(H,20,21)(H,16,17,19). The van der Waals surface area contributed by atoms with Crippen molar-refractivity contribution in [3.05, 3.63) is 18.3 Å². The van der Waals surface area contributed by atoms with Crippen LogP contribution in [0.3, 0.4) is 0 Å². The minimum atomic E-state index is -1.00. The number of amides is 1. The first-order valence-corrected chi connectivity index (χ1v) is 6.94. The van der Waals surface area contributed by atoms with E-state index >= 15 is 0 Å². The maximum Gasteiger partial charge on any atom is 0.303 e. The number of nitrogens with one attached hydrogen (secondary N) is 2. The zero-order chi connectivity index (χ0) is 15.5. The molecule has 1 rings (SSSR count). The Morgan fingerprint density at radius 3 is 2.57 bits per heavy atom. The normalized spacial score (nSPS) is 10.1. The van der Waals surface area contributed by atoms with Crippen LogP contribution in [-0.2, 0) is 9.59 Å². The molecule has 1 aromatic rings. The lowest BCUT2D eigenvalue weighted by molar-refractivity contribution is -0.138. The molecule has 7 nitrogen and oxygen atoms in total.